The minimum absolute atomic E-state index is 0.119. The van der Waals surface area contributed by atoms with Crippen LogP contribution in [0.1, 0.15) is 13.3 Å². The van der Waals surface area contributed by atoms with Crippen molar-refractivity contribution in [3.8, 4) is 0 Å². The van der Waals surface area contributed by atoms with Gasteiger partial charge in [-0.3, -0.25) is 9.59 Å². The molecule has 20 heavy (non-hydrogen) atoms. The summed E-state index contributed by atoms with van der Waals surface area (Å²) in [4.78, 5) is 30.3. The Morgan fingerprint density at radius 1 is 1.40 bits per heavy atom. The molecule has 0 aliphatic carbocycles. The molecule has 0 saturated carbocycles. The third-order valence-electron chi connectivity index (χ3n) is 4.06. The Kier molecular flexibility index (Phi) is 4.99. The Morgan fingerprint density at radius 3 is 2.80 bits per heavy atom. The fourth-order valence-electron chi connectivity index (χ4n) is 2.87. The highest BCUT2D eigenvalue weighted by atomic mass is 16.2. The molecule has 2 unspecified atom stereocenters. The van der Waals surface area contributed by atoms with Crippen LogP contribution >= 0.6 is 0 Å². The average Bonchev–Trinajstić information content (AvgIpc) is 2.77. The molecule has 2 aliphatic rings. The number of rotatable bonds is 4. The molecule has 2 aliphatic heterocycles. The lowest BCUT2D eigenvalue weighted by atomic mass is 10.1. The van der Waals surface area contributed by atoms with E-state index in [9.17, 15) is 9.59 Å². The van der Waals surface area contributed by atoms with Gasteiger partial charge in [-0.25, -0.2) is 0 Å². The van der Waals surface area contributed by atoms with Crippen molar-refractivity contribution in [2.75, 3.05) is 53.4 Å². The van der Waals surface area contributed by atoms with E-state index in [0.717, 1.165) is 26.2 Å². The van der Waals surface area contributed by atoms with E-state index in [1.165, 1.54) is 0 Å². The normalized spacial score (nSPS) is 27.5. The number of carbonyl (C=O) groups excluding carboxylic acids is 2. The van der Waals surface area contributed by atoms with Crippen LogP contribution in [0, 0.1) is 5.92 Å². The van der Waals surface area contributed by atoms with Gasteiger partial charge in [0.1, 0.15) is 0 Å². The van der Waals surface area contributed by atoms with Crippen molar-refractivity contribution in [1.29, 1.82) is 0 Å². The molecular formula is C14H26N4O2. The SMILES string of the molecule is CC1CN(C(=O)C2CC(=O)N(CCN(C)C)C2)CCN1. The first kappa shape index (κ1) is 15.3. The summed E-state index contributed by atoms with van der Waals surface area (Å²) in [5.41, 5.74) is 0. The summed E-state index contributed by atoms with van der Waals surface area (Å²) in [7, 11) is 3.98. The van der Waals surface area contributed by atoms with E-state index in [4.69, 9.17) is 0 Å². The molecule has 0 spiro atoms. The minimum Gasteiger partial charge on any atom is -0.341 e. The van der Waals surface area contributed by atoms with E-state index in [0.29, 0.717) is 25.6 Å². The highest BCUT2D eigenvalue weighted by molar-refractivity contribution is 5.89. The zero-order chi connectivity index (χ0) is 14.7. The van der Waals surface area contributed by atoms with E-state index in [2.05, 4.69) is 17.1 Å². The molecule has 2 atom stereocenters. The van der Waals surface area contributed by atoms with Crippen LogP contribution in [0.25, 0.3) is 0 Å². The first-order valence-corrected chi connectivity index (χ1v) is 7.42. The quantitative estimate of drug-likeness (QED) is 0.735. The maximum Gasteiger partial charge on any atom is 0.228 e. The molecule has 2 heterocycles. The zero-order valence-corrected chi connectivity index (χ0v) is 12.8. The Labute approximate surface area is 121 Å². The molecule has 0 aromatic carbocycles. The molecule has 0 bridgehead atoms. The minimum atomic E-state index is -0.144. The summed E-state index contributed by atoms with van der Waals surface area (Å²) in [5.74, 6) is 0.127. The fourth-order valence-corrected chi connectivity index (χ4v) is 2.87. The van der Waals surface area contributed by atoms with Gasteiger partial charge in [0.05, 0.1) is 5.92 Å². The number of nitrogens with zero attached hydrogens (tertiary/aromatic N) is 3. The van der Waals surface area contributed by atoms with Crippen molar-refractivity contribution < 1.29 is 9.59 Å². The van der Waals surface area contributed by atoms with Gasteiger partial charge in [0, 0.05) is 51.7 Å². The lowest BCUT2D eigenvalue weighted by Crippen LogP contribution is -2.53. The number of carbonyl (C=O) groups is 2. The maximum absolute atomic E-state index is 12.5. The van der Waals surface area contributed by atoms with E-state index >= 15 is 0 Å². The van der Waals surface area contributed by atoms with E-state index in [-0.39, 0.29) is 17.7 Å². The highest BCUT2D eigenvalue weighted by Gasteiger charge is 2.37. The summed E-state index contributed by atoms with van der Waals surface area (Å²) < 4.78 is 0. The molecule has 6 nitrogen and oxygen atoms in total. The second kappa shape index (κ2) is 6.54. The number of amides is 2. The van der Waals surface area contributed by atoms with E-state index in [1.807, 2.05) is 23.9 Å². The first-order valence-electron chi connectivity index (χ1n) is 7.42. The standard InChI is InChI=1S/C14H26N4O2/c1-11-9-18(5-4-15-11)14(20)12-8-13(19)17(10-12)7-6-16(2)3/h11-12,15H,4-10H2,1-3H3. The predicted octanol–water partition coefficient (Wildman–Crippen LogP) is -0.783. The summed E-state index contributed by atoms with van der Waals surface area (Å²) in [6, 6.07) is 0.342. The Bertz CT molecular complexity index is 372. The number of nitrogens with one attached hydrogen (secondary N) is 1. The van der Waals surface area contributed by atoms with Crippen LogP contribution < -0.4 is 5.32 Å². The molecule has 2 saturated heterocycles. The molecule has 0 aromatic heterocycles. The van der Waals surface area contributed by atoms with Crippen molar-refractivity contribution in [2.45, 2.75) is 19.4 Å². The van der Waals surface area contributed by atoms with Crippen molar-refractivity contribution >= 4 is 11.8 Å². The van der Waals surface area contributed by atoms with Gasteiger partial charge in [0.2, 0.25) is 11.8 Å². The van der Waals surface area contributed by atoms with Crippen LogP contribution in [-0.2, 0) is 9.59 Å². The lowest BCUT2D eigenvalue weighted by Gasteiger charge is -2.33. The van der Waals surface area contributed by atoms with E-state index < -0.39 is 0 Å². The molecule has 0 radical (unpaired) electrons. The predicted molar refractivity (Wildman–Crippen MR) is 77.3 cm³/mol. The molecular weight excluding hydrogens is 256 g/mol. The number of likely N-dealkylation sites (tertiary alicyclic amines) is 1. The monoisotopic (exact) mass is 282 g/mol. The van der Waals surface area contributed by atoms with Crippen LogP contribution in [0.3, 0.4) is 0 Å². The Morgan fingerprint density at radius 2 is 2.15 bits per heavy atom. The van der Waals surface area contributed by atoms with Gasteiger partial charge in [0.15, 0.2) is 0 Å². The van der Waals surface area contributed by atoms with Crippen molar-refractivity contribution in [3.05, 3.63) is 0 Å². The number of hydrogen-bond donors (Lipinski definition) is 1. The van der Waals surface area contributed by atoms with Gasteiger partial charge in [-0.1, -0.05) is 0 Å². The largest absolute Gasteiger partial charge is 0.341 e. The molecule has 2 amide bonds. The topological polar surface area (TPSA) is 55.9 Å². The Hall–Kier alpha value is -1.14. The van der Waals surface area contributed by atoms with Gasteiger partial charge >= 0.3 is 0 Å². The van der Waals surface area contributed by atoms with Gasteiger partial charge in [-0.2, -0.15) is 0 Å². The molecule has 2 rings (SSSR count). The molecule has 0 aromatic rings. The van der Waals surface area contributed by atoms with Crippen molar-refractivity contribution in [2.24, 2.45) is 5.92 Å². The third-order valence-corrected chi connectivity index (χ3v) is 4.06. The molecule has 6 heteroatoms. The number of hydrogen-bond acceptors (Lipinski definition) is 4. The average molecular weight is 282 g/mol. The smallest absolute Gasteiger partial charge is 0.228 e. The number of likely N-dealkylation sites (N-methyl/N-ethyl adjacent to an activating group) is 1. The zero-order valence-electron chi connectivity index (χ0n) is 12.8. The van der Waals surface area contributed by atoms with Crippen LogP contribution in [-0.4, -0.2) is 85.9 Å². The molecule has 1 N–H and O–H groups in total. The maximum atomic E-state index is 12.5. The second-order valence-corrected chi connectivity index (χ2v) is 6.18. The highest BCUT2D eigenvalue weighted by Crippen LogP contribution is 2.20. The van der Waals surface area contributed by atoms with E-state index in [1.54, 1.807) is 0 Å². The van der Waals surface area contributed by atoms with Crippen LogP contribution in [0.4, 0.5) is 0 Å². The number of piperazine rings is 1. The van der Waals surface area contributed by atoms with Gasteiger partial charge in [0.25, 0.3) is 0 Å². The molecule has 114 valence electrons. The van der Waals surface area contributed by atoms with Crippen LogP contribution in [0.2, 0.25) is 0 Å². The van der Waals surface area contributed by atoms with Crippen LogP contribution in [0.15, 0.2) is 0 Å². The van der Waals surface area contributed by atoms with Gasteiger partial charge in [-0.05, 0) is 21.0 Å². The lowest BCUT2D eigenvalue weighted by molar-refractivity contribution is -0.136. The summed E-state index contributed by atoms with van der Waals surface area (Å²) in [6.45, 7) is 6.59. The van der Waals surface area contributed by atoms with Crippen molar-refractivity contribution in [1.82, 2.24) is 20.0 Å². The van der Waals surface area contributed by atoms with Crippen LogP contribution in [0.5, 0.6) is 0 Å². The third kappa shape index (κ3) is 3.70. The Balaban J connectivity index is 1.87. The van der Waals surface area contributed by atoms with Gasteiger partial charge in [-0.15, -0.1) is 0 Å². The fraction of sp³-hybridized carbons (Fsp3) is 0.857. The second-order valence-electron chi connectivity index (χ2n) is 6.18. The van der Waals surface area contributed by atoms with Crippen molar-refractivity contribution in [3.63, 3.8) is 0 Å². The summed E-state index contributed by atoms with van der Waals surface area (Å²) >= 11 is 0. The summed E-state index contributed by atoms with van der Waals surface area (Å²) in [5, 5.41) is 3.33. The molecule has 2 fully saturated rings. The first-order chi connectivity index (χ1) is 9.47. The summed E-state index contributed by atoms with van der Waals surface area (Å²) in [6.07, 6.45) is 0.380. The van der Waals surface area contributed by atoms with Gasteiger partial charge < -0.3 is 20.0 Å².